The molecule has 112 valence electrons. The first kappa shape index (κ1) is 16.7. The molecular weight excluding hydrogens is 248 g/mol. The summed E-state index contributed by atoms with van der Waals surface area (Å²) in [5.41, 5.74) is 8.42. The normalized spacial score (nSPS) is 14.8. The lowest BCUT2D eigenvalue weighted by molar-refractivity contribution is -0.132. The fourth-order valence-electron chi connectivity index (χ4n) is 1.92. The van der Waals surface area contributed by atoms with Crippen LogP contribution in [0.4, 0.5) is 0 Å². The van der Waals surface area contributed by atoms with Crippen molar-refractivity contribution in [2.24, 2.45) is 11.1 Å². The monoisotopic (exact) mass is 276 g/mol. The highest BCUT2D eigenvalue weighted by Crippen LogP contribution is 2.23. The van der Waals surface area contributed by atoms with Gasteiger partial charge in [0.05, 0.1) is 6.04 Å². The van der Waals surface area contributed by atoms with E-state index in [1.54, 1.807) is 4.90 Å². The van der Waals surface area contributed by atoms with Gasteiger partial charge in [-0.25, -0.2) is 0 Å². The first-order valence-corrected chi connectivity index (χ1v) is 7.20. The van der Waals surface area contributed by atoms with E-state index in [2.05, 4.69) is 52.0 Å². The fourth-order valence-corrected chi connectivity index (χ4v) is 1.92. The smallest absolute Gasteiger partial charge is 0.224 e. The Labute approximate surface area is 123 Å². The van der Waals surface area contributed by atoms with Crippen LogP contribution >= 0.6 is 0 Å². The average Bonchev–Trinajstić information content (AvgIpc) is 2.36. The molecule has 0 saturated heterocycles. The summed E-state index contributed by atoms with van der Waals surface area (Å²) in [4.78, 5) is 14.1. The van der Waals surface area contributed by atoms with Gasteiger partial charge in [0.25, 0.3) is 0 Å². The van der Waals surface area contributed by atoms with Crippen molar-refractivity contribution >= 4 is 5.91 Å². The zero-order valence-electron chi connectivity index (χ0n) is 13.6. The molecule has 0 spiro atoms. The van der Waals surface area contributed by atoms with E-state index in [9.17, 15) is 4.79 Å². The summed E-state index contributed by atoms with van der Waals surface area (Å²) < 4.78 is 0. The molecule has 2 N–H and O–H groups in total. The molecule has 1 aromatic carbocycles. The molecule has 0 heterocycles. The van der Waals surface area contributed by atoms with Gasteiger partial charge in [-0.15, -0.1) is 0 Å². The highest BCUT2D eigenvalue weighted by Gasteiger charge is 2.26. The van der Waals surface area contributed by atoms with Crippen molar-refractivity contribution in [1.29, 1.82) is 0 Å². The summed E-state index contributed by atoms with van der Waals surface area (Å²) in [5, 5.41) is 0. The zero-order chi connectivity index (χ0) is 15.5. The van der Waals surface area contributed by atoms with Gasteiger partial charge in [0.15, 0.2) is 0 Å². The number of hydrogen-bond acceptors (Lipinski definition) is 2. The van der Waals surface area contributed by atoms with Crippen LogP contribution in [0.15, 0.2) is 24.3 Å². The van der Waals surface area contributed by atoms with E-state index in [1.165, 1.54) is 5.56 Å². The average molecular weight is 276 g/mol. The Morgan fingerprint density at radius 2 is 1.75 bits per heavy atom. The molecule has 2 unspecified atom stereocenters. The van der Waals surface area contributed by atoms with Gasteiger partial charge in [0.2, 0.25) is 5.91 Å². The molecule has 1 rings (SSSR count). The summed E-state index contributed by atoms with van der Waals surface area (Å²) in [6.07, 6.45) is 0.385. The maximum absolute atomic E-state index is 12.3. The molecule has 0 radical (unpaired) electrons. The molecule has 0 fully saturated rings. The molecule has 0 bridgehead atoms. The molecule has 0 aliphatic rings. The Kier molecular flexibility index (Phi) is 5.35. The molecule has 1 amide bonds. The summed E-state index contributed by atoms with van der Waals surface area (Å²) in [6, 6.07) is 8.25. The number of carbonyl (C=O) groups is 1. The molecule has 1 aromatic rings. The van der Waals surface area contributed by atoms with Crippen LogP contribution in [0.5, 0.6) is 0 Å². The van der Waals surface area contributed by atoms with Gasteiger partial charge in [0, 0.05) is 19.5 Å². The topological polar surface area (TPSA) is 46.3 Å². The van der Waals surface area contributed by atoms with E-state index in [0.717, 1.165) is 5.56 Å². The van der Waals surface area contributed by atoms with E-state index in [4.69, 9.17) is 5.73 Å². The van der Waals surface area contributed by atoms with Crippen LogP contribution in [-0.2, 0) is 4.79 Å². The molecule has 2 atom stereocenters. The van der Waals surface area contributed by atoms with E-state index in [0.29, 0.717) is 6.42 Å². The Bertz CT molecular complexity index is 445. The van der Waals surface area contributed by atoms with Gasteiger partial charge < -0.3 is 10.6 Å². The highest BCUT2D eigenvalue weighted by atomic mass is 16.2. The predicted molar refractivity (Wildman–Crippen MR) is 84.4 cm³/mol. The Balaban J connectivity index is 2.71. The van der Waals surface area contributed by atoms with Crippen molar-refractivity contribution in [2.45, 2.75) is 53.1 Å². The number of carbonyl (C=O) groups excluding carboxylic acids is 1. The Hall–Kier alpha value is -1.35. The first-order valence-electron chi connectivity index (χ1n) is 7.20. The summed E-state index contributed by atoms with van der Waals surface area (Å²) >= 11 is 0. The van der Waals surface area contributed by atoms with Crippen LogP contribution < -0.4 is 5.73 Å². The van der Waals surface area contributed by atoms with Gasteiger partial charge in [-0.3, -0.25) is 4.79 Å². The number of hydrogen-bond donors (Lipinski definition) is 1. The lowest BCUT2D eigenvalue weighted by Crippen LogP contribution is -2.41. The molecule has 20 heavy (non-hydrogen) atoms. The van der Waals surface area contributed by atoms with Crippen molar-refractivity contribution in [2.75, 3.05) is 7.05 Å². The second kappa shape index (κ2) is 6.40. The second-order valence-corrected chi connectivity index (χ2v) is 6.77. The SMILES string of the molecule is Cc1ccc(C(C)N(C)C(=O)CC(N)C(C)(C)C)cc1. The maximum atomic E-state index is 12.3. The Morgan fingerprint density at radius 3 is 2.20 bits per heavy atom. The number of rotatable bonds is 4. The molecule has 3 nitrogen and oxygen atoms in total. The maximum Gasteiger partial charge on any atom is 0.224 e. The quantitative estimate of drug-likeness (QED) is 0.917. The van der Waals surface area contributed by atoms with E-state index in [1.807, 2.05) is 14.0 Å². The molecule has 0 aliphatic carbocycles. The predicted octanol–water partition coefficient (Wildman–Crippen LogP) is 3.28. The summed E-state index contributed by atoms with van der Waals surface area (Å²) in [5.74, 6) is 0.0977. The van der Waals surface area contributed by atoms with Crippen LogP contribution in [-0.4, -0.2) is 23.9 Å². The van der Waals surface area contributed by atoms with Crippen molar-refractivity contribution < 1.29 is 4.79 Å². The van der Waals surface area contributed by atoms with Crippen molar-refractivity contribution in [1.82, 2.24) is 4.90 Å². The molecule has 3 heteroatoms. The summed E-state index contributed by atoms with van der Waals surface area (Å²) in [7, 11) is 1.85. The van der Waals surface area contributed by atoms with Gasteiger partial charge in [0.1, 0.15) is 0 Å². The minimum Gasteiger partial charge on any atom is -0.339 e. The Morgan fingerprint density at radius 1 is 1.25 bits per heavy atom. The van der Waals surface area contributed by atoms with Gasteiger partial charge in [-0.1, -0.05) is 50.6 Å². The van der Waals surface area contributed by atoms with E-state index < -0.39 is 0 Å². The minimum absolute atomic E-state index is 0.0520. The van der Waals surface area contributed by atoms with Crippen LogP contribution in [0.25, 0.3) is 0 Å². The van der Waals surface area contributed by atoms with Gasteiger partial charge in [-0.05, 0) is 24.8 Å². The molecular formula is C17H28N2O. The van der Waals surface area contributed by atoms with Crippen molar-refractivity contribution in [3.05, 3.63) is 35.4 Å². The zero-order valence-corrected chi connectivity index (χ0v) is 13.6. The lowest BCUT2D eigenvalue weighted by Gasteiger charge is -2.31. The second-order valence-electron chi connectivity index (χ2n) is 6.77. The summed E-state index contributed by atoms with van der Waals surface area (Å²) in [6.45, 7) is 10.3. The largest absolute Gasteiger partial charge is 0.339 e. The first-order chi connectivity index (χ1) is 9.12. The standard InChI is InChI=1S/C17H28N2O/c1-12-7-9-14(10-8-12)13(2)19(6)16(20)11-15(18)17(3,4)5/h7-10,13,15H,11,18H2,1-6H3. The van der Waals surface area contributed by atoms with Gasteiger partial charge in [-0.2, -0.15) is 0 Å². The number of amides is 1. The fraction of sp³-hybridized carbons (Fsp3) is 0.588. The molecule has 0 aromatic heterocycles. The number of benzene rings is 1. The van der Waals surface area contributed by atoms with Crippen LogP contribution in [0, 0.1) is 12.3 Å². The number of aryl methyl sites for hydroxylation is 1. The molecule has 0 saturated carbocycles. The number of nitrogens with zero attached hydrogens (tertiary/aromatic N) is 1. The van der Waals surface area contributed by atoms with E-state index in [-0.39, 0.29) is 23.4 Å². The third-order valence-corrected chi connectivity index (χ3v) is 4.04. The third-order valence-electron chi connectivity index (χ3n) is 4.04. The van der Waals surface area contributed by atoms with Gasteiger partial charge >= 0.3 is 0 Å². The van der Waals surface area contributed by atoms with Crippen molar-refractivity contribution in [3.8, 4) is 0 Å². The molecule has 0 aliphatic heterocycles. The van der Waals surface area contributed by atoms with Crippen LogP contribution in [0.2, 0.25) is 0 Å². The number of nitrogens with two attached hydrogens (primary N) is 1. The van der Waals surface area contributed by atoms with Crippen LogP contribution in [0.3, 0.4) is 0 Å². The third kappa shape index (κ3) is 4.34. The highest BCUT2D eigenvalue weighted by molar-refractivity contribution is 5.77. The van der Waals surface area contributed by atoms with E-state index >= 15 is 0 Å². The minimum atomic E-state index is -0.123. The lowest BCUT2D eigenvalue weighted by atomic mass is 9.85. The van der Waals surface area contributed by atoms with Crippen molar-refractivity contribution in [3.63, 3.8) is 0 Å². The van der Waals surface area contributed by atoms with Crippen LogP contribution in [0.1, 0.15) is 51.3 Å².